The quantitative estimate of drug-likeness (QED) is 0.723. The van der Waals surface area contributed by atoms with Crippen LogP contribution in [0.1, 0.15) is 24.0 Å². The molecule has 0 spiro atoms. The molecule has 0 saturated heterocycles. The molecule has 1 aliphatic rings. The molecule has 1 heterocycles. The molecule has 7 heteroatoms. The SMILES string of the molecule is O=C(O)CCCN1CCc2c(cccc2NC(=O)Nc2ccccc2F)C1. The summed E-state index contributed by atoms with van der Waals surface area (Å²) in [5.41, 5.74) is 3.02. The van der Waals surface area contributed by atoms with Crippen LogP contribution in [0.4, 0.5) is 20.6 Å². The van der Waals surface area contributed by atoms with Gasteiger partial charge in [-0.25, -0.2) is 9.18 Å². The lowest BCUT2D eigenvalue weighted by Gasteiger charge is -2.30. The molecule has 0 atom stereocenters. The topological polar surface area (TPSA) is 81.7 Å². The second-order valence-electron chi connectivity index (χ2n) is 6.53. The van der Waals surface area contributed by atoms with Gasteiger partial charge in [-0.3, -0.25) is 9.69 Å². The highest BCUT2D eigenvalue weighted by atomic mass is 19.1. The van der Waals surface area contributed by atoms with Crippen LogP contribution >= 0.6 is 0 Å². The first-order chi connectivity index (χ1) is 13.0. The Morgan fingerprint density at radius 1 is 1.07 bits per heavy atom. The van der Waals surface area contributed by atoms with Gasteiger partial charge in [-0.05, 0) is 48.7 Å². The van der Waals surface area contributed by atoms with Gasteiger partial charge in [0, 0.05) is 25.2 Å². The number of hydrogen-bond acceptors (Lipinski definition) is 3. The number of nitrogens with zero attached hydrogens (tertiary/aromatic N) is 1. The van der Waals surface area contributed by atoms with Crippen LogP contribution in [0.3, 0.4) is 0 Å². The third kappa shape index (κ3) is 5.04. The van der Waals surface area contributed by atoms with E-state index in [0.29, 0.717) is 12.1 Å². The second kappa shape index (κ2) is 8.64. The summed E-state index contributed by atoms with van der Waals surface area (Å²) in [4.78, 5) is 25.1. The van der Waals surface area contributed by atoms with Crippen LogP contribution < -0.4 is 10.6 Å². The van der Waals surface area contributed by atoms with Crippen molar-refractivity contribution in [1.82, 2.24) is 4.90 Å². The third-order valence-corrected chi connectivity index (χ3v) is 4.58. The van der Waals surface area contributed by atoms with Crippen molar-refractivity contribution >= 4 is 23.4 Å². The summed E-state index contributed by atoms with van der Waals surface area (Å²) < 4.78 is 13.7. The van der Waals surface area contributed by atoms with Gasteiger partial charge in [0.1, 0.15) is 5.82 Å². The van der Waals surface area contributed by atoms with E-state index in [1.165, 1.54) is 12.1 Å². The van der Waals surface area contributed by atoms with Crippen molar-refractivity contribution in [2.75, 3.05) is 23.7 Å². The molecule has 3 N–H and O–H groups in total. The van der Waals surface area contributed by atoms with E-state index in [-0.39, 0.29) is 12.1 Å². The lowest BCUT2D eigenvalue weighted by Crippen LogP contribution is -2.32. The summed E-state index contributed by atoms with van der Waals surface area (Å²) in [6, 6.07) is 11.2. The number of fused-ring (bicyclic) bond motifs is 1. The summed E-state index contributed by atoms with van der Waals surface area (Å²) in [5, 5.41) is 14.1. The van der Waals surface area contributed by atoms with Crippen molar-refractivity contribution in [3.63, 3.8) is 0 Å². The Morgan fingerprint density at radius 3 is 2.59 bits per heavy atom. The number of urea groups is 1. The molecule has 142 valence electrons. The monoisotopic (exact) mass is 371 g/mol. The van der Waals surface area contributed by atoms with Gasteiger partial charge in [-0.1, -0.05) is 24.3 Å². The highest BCUT2D eigenvalue weighted by Crippen LogP contribution is 2.26. The first kappa shape index (κ1) is 18.8. The number of aliphatic carboxylic acids is 1. The first-order valence-corrected chi connectivity index (χ1v) is 8.90. The summed E-state index contributed by atoms with van der Waals surface area (Å²) in [5.74, 6) is -1.26. The maximum atomic E-state index is 13.7. The largest absolute Gasteiger partial charge is 0.481 e. The van der Waals surface area contributed by atoms with E-state index >= 15 is 0 Å². The number of para-hydroxylation sites is 1. The number of anilines is 2. The van der Waals surface area contributed by atoms with Gasteiger partial charge in [-0.2, -0.15) is 0 Å². The van der Waals surface area contributed by atoms with E-state index in [0.717, 1.165) is 37.2 Å². The van der Waals surface area contributed by atoms with Crippen molar-refractivity contribution in [2.24, 2.45) is 0 Å². The van der Waals surface area contributed by atoms with E-state index in [4.69, 9.17) is 5.11 Å². The maximum absolute atomic E-state index is 13.7. The summed E-state index contributed by atoms with van der Waals surface area (Å²) in [7, 11) is 0. The minimum absolute atomic E-state index is 0.129. The number of carbonyl (C=O) groups excluding carboxylic acids is 1. The Kier molecular flexibility index (Phi) is 6.03. The van der Waals surface area contributed by atoms with Crippen molar-refractivity contribution in [3.8, 4) is 0 Å². The molecular formula is C20H22FN3O3. The molecule has 0 bridgehead atoms. The Labute approximate surface area is 157 Å². The van der Waals surface area contributed by atoms with E-state index in [1.54, 1.807) is 12.1 Å². The number of hydrogen-bond donors (Lipinski definition) is 3. The first-order valence-electron chi connectivity index (χ1n) is 8.90. The number of carboxylic acids is 1. The average Bonchev–Trinajstić information content (AvgIpc) is 2.63. The Hall–Kier alpha value is -2.93. The summed E-state index contributed by atoms with van der Waals surface area (Å²) >= 11 is 0. The van der Waals surface area contributed by atoms with Gasteiger partial charge >= 0.3 is 12.0 Å². The van der Waals surface area contributed by atoms with Crippen LogP contribution in [0.2, 0.25) is 0 Å². The molecule has 3 rings (SSSR count). The van der Waals surface area contributed by atoms with E-state index in [9.17, 15) is 14.0 Å². The fraction of sp³-hybridized carbons (Fsp3) is 0.300. The van der Waals surface area contributed by atoms with Crippen LogP contribution in [0.25, 0.3) is 0 Å². The van der Waals surface area contributed by atoms with Crippen molar-refractivity contribution in [1.29, 1.82) is 0 Å². The van der Waals surface area contributed by atoms with Crippen LogP contribution in [-0.2, 0) is 17.8 Å². The van der Waals surface area contributed by atoms with Crippen molar-refractivity contribution in [3.05, 3.63) is 59.4 Å². The molecule has 6 nitrogen and oxygen atoms in total. The third-order valence-electron chi connectivity index (χ3n) is 4.58. The lowest BCUT2D eigenvalue weighted by molar-refractivity contribution is -0.137. The zero-order chi connectivity index (χ0) is 19.2. The number of benzene rings is 2. The fourth-order valence-electron chi connectivity index (χ4n) is 3.27. The summed E-state index contributed by atoms with van der Waals surface area (Å²) in [6.45, 7) is 2.26. The van der Waals surface area contributed by atoms with E-state index < -0.39 is 17.8 Å². The number of nitrogens with one attached hydrogen (secondary N) is 2. The van der Waals surface area contributed by atoms with E-state index in [2.05, 4.69) is 15.5 Å². The Morgan fingerprint density at radius 2 is 1.81 bits per heavy atom. The number of halogens is 1. The average molecular weight is 371 g/mol. The Balaban J connectivity index is 1.63. The molecule has 0 saturated carbocycles. The minimum Gasteiger partial charge on any atom is -0.481 e. The second-order valence-corrected chi connectivity index (χ2v) is 6.53. The normalized spacial score (nSPS) is 13.7. The van der Waals surface area contributed by atoms with Gasteiger partial charge < -0.3 is 15.7 Å². The smallest absolute Gasteiger partial charge is 0.323 e. The summed E-state index contributed by atoms with van der Waals surface area (Å²) in [6.07, 6.45) is 1.55. The van der Waals surface area contributed by atoms with Crippen molar-refractivity contribution < 1.29 is 19.1 Å². The number of amides is 2. The molecule has 0 unspecified atom stereocenters. The van der Waals surface area contributed by atoms with Crippen LogP contribution in [-0.4, -0.2) is 35.1 Å². The van der Waals surface area contributed by atoms with E-state index in [1.807, 2.05) is 18.2 Å². The predicted octanol–water partition coefficient (Wildman–Crippen LogP) is 3.69. The van der Waals surface area contributed by atoms with Gasteiger partial charge in [-0.15, -0.1) is 0 Å². The number of carboxylic acid groups (broad SMARTS) is 1. The molecule has 1 aliphatic heterocycles. The van der Waals surface area contributed by atoms with Gasteiger partial charge in [0.15, 0.2) is 0 Å². The minimum atomic E-state index is -0.778. The van der Waals surface area contributed by atoms with Crippen molar-refractivity contribution in [2.45, 2.75) is 25.8 Å². The highest BCUT2D eigenvalue weighted by Gasteiger charge is 2.19. The van der Waals surface area contributed by atoms with Crippen LogP contribution in [0.15, 0.2) is 42.5 Å². The van der Waals surface area contributed by atoms with Crippen LogP contribution in [0.5, 0.6) is 0 Å². The van der Waals surface area contributed by atoms with Gasteiger partial charge in [0.25, 0.3) is 0 Å². The maximum Gasteiger partial charge on any atom is 0.323 e. The molecule has 0 fully saturated rings. The molecular weight excluding hydrogens is 349 g/mol. The molecule has 2 aromatic rings. The van der Waals surface area contributed by atoms with Gasteiger partial charge in [0.2, 0.25) is 0 Å². The van der Waals surface area contributed by atoms with Gasteiger partial charge in [0.05, 0.1) is 5.69 Å². The molecule has 27 heavy (non-hydrogen) atoms. The highest BCUT2D eigenvalue weighted by molar-refractivity contribution is 6.00. The fourth-order valence-corrected chi connectivity index (χ4v) is 3.27. The Bertz CT molecular complexity index is 841. The lowest BCUT2D eigenvalue weighted by atomic mass is 9.97. The zero-order valence-corrected chi connectivity index (χ0v) is 14.9. The molecule has 0 radical (unpaired) electrons. The molecule has 2 amide bonds. The molecule has 0 aromatic heterocycles. The number of carbonyl (C=O) groups is 2. The molecule has 2 aromatic carbocycles. The van der Waals surface area contributed by atoms with Crippen LogP contribution in [0, 0.1) is 5.82 Å². The predicted molar refractivity (Wildman–Crippen MR) is 101 cm³/mol. The standard InChI is InChI=1S/C20H22FN3O3/c21-16-6-1-2-7-18(16)23-20(27)22-17-8-3-5-14-13-24(12-10-15(14)17)11-4-9-19(25)26/h1-3,5-8H,4,9-13H2,(H,25,26)(H2,22,23,27). The zero-order valence-electron chi connectivity index (χ0n) is 14.9. The number of rotatable bonds is 6. The molecule has 0 aliphatic carbocycles.